The molecule has 4 nitrogen and oxygen atoms in total. The van der Waals surface area contributed by atoms with E-state index in [9.17, 15) is 22.4 Å². The molecule has 0 aliphatic carbocycles. The molecule has 0 spiro atoms. The number of carbonyl (C=O) groups excluding carboxylic acids is 1. The normalized spacial score (nSPS) is 18.0. The molecule has 0 radical (unpaired) electrons. The molecule has 1 fully saturated rings. The average Bonchev–Trinajstić information content (AvgIpc) is 2.89. The van der Waals surface area contributed by atoms with E-state index in [4.69, 9.17) is 12.2 Å². The van der Waals surface area contributed by atoms with Crippen molar-refractivity contribution >= 4 is 44.9 Å². The topological polar surface area (TPSA) is 44.4 Å². The van der Waals surface area contributed by atoms with Crippen molar-refractivity contribution in [2.75, 3.05) is 18.4 Å². The fraction of sp³-hybridized carbons (Fsp3) is 0.385. The second-order valence-corrected chi connectivity index (χ2v) is 6.20. The molecule has 1 amide bonds. The number of nitrogens with one attached hydrogen (secondary N) is 2. The molecule has 1 aromatic rings. The molecular weight excluding hydrogens is 402 g/mol. The molecule has 2 rings (SSSR count). The molecule has 1 aromatic carbocycles. The van der Waals surface area contributed by atoms with E-state index in [0.29, 0.717) is 28.2 Å². The molecule has 1 unspecified atom stereocenters. The summed E-state index contributed by atoms with van der Waals surface area (Å²) >= 11 is 8.38. The maximum atomic E-state index is 13.0. The van der Waals surface area contributed by atoms with Crippen molar-refractivity contribution in [3.63, 3.8) is 0 Å². The van der Waals surface area contributed by atoms with Crippen molar-refractivity contribution in [2.45, 2.75) is 18.6 Å². The van der Waals surface area contributed by atoms with Crippen LogP contribution in [-0.2, 0) is 4.79 Å². The summed E-state index contributed by atoms with van der Waals surface area (Å²) < 4.78 is 50.2. The lowest BCUT2D eigenvalue weighted by Gasteiger charge is -2.21. The minimum absolute atomic E-state index is 0.173. The minimum Gasteiger partial charge on any atom is -0.347 e. The van der Waals surface area contributed by atoms with Crippen LogP contribution in [0.4, 0.5) is 23.2 Å². The number of anilines is 1. The number of nitrogens with zero attached hydrogens (tertiary/aromatic N) is 1. The lowest BCUT2D eigenvalue weighted by atomic mass is 10.2. The van der Waals surface area contributed by atoms with Gasteiger partial charge in [0.1, 0.15) is 5.82 Å². The monoisotopic (exact) mass is 413 g/mol. The van der Waals surface area contributed by atoms with Gasteiger partial charge in [0.05, 0.1) is 5.69 Å². The first kappa shape index (κ1) is 17.9. The zero-order valence-corrected chi connectivity index (χ0v) is 14.0. The van der Waals surface area contributed by atoms with Gasteiger partial charge in [-0.15, -0.1) is 0 Å². The number of halogens is 5. The minimum atomic E-state index is -4.90. The van der Waals surface area contributed by atoms with E-state index in [1.165, 1.54) is 18.2 Å². The van der Waals surface area contributed by atoms with Gasteiger partial charge < -0.3 is 15.5 Å². The molecule has 0 aromatic heterocycles. The SMILES string of the molecule is O=C(NC1CCN(C(=S)Nc2ccc(F)cc2Br)C1)C(F)(F)F. The van der Waals surface area contributed by atoms with Crippen LogP contribution in [0.3, 0.4) is 0 Å². The van der Waals surface area contributed by atoms with Crippen LogP contribution in [0.1, 0.15) is 6.42 Å². The first-order valence-electron chi connectivity index (χ1n) is 6.55. The summed E-state index contributed by atoms with van der Waals surface area (Å²) in [4.78, 5) is 12.6. The van der Waals surface area contributed by atoms with E-state index in [1.54, 1.807) is 4.90 Å². The van der Waals surface area contributed by atoms with E-state index in [2.05, 4.69) is 21.2 Å². The molecule has 2 N–H and O–H groups in total. The number of thiocarbonyl (C=S) groups is 1. The van der Waals surface area contributed by atoms with Crippen molar-refractivity contribution in [1.82, 2.24) is 10.2 Å². The van der Waals surface area contributed by atoms with Gasteiger partial charge >= 0.3 is 12.1 Å². The molecule has 0 bridgehead atoms. The maximum Gasteiger partial charge on any atom is 0.471 e. The van der Waals surface area contributed by atoms with Gasteiger partial charge in [-0.2, -0.15) is 13.2 Å². The molecule has 10 heteroatoms. The lowest BCUT2D eigenvalue weighted by Crippen LogP contribution is -2.45. The second-order valence-electron chi connectivity index (χ2n) is 4.96. The summed E-state index contributed by atoms with van der Waals surface area (Å²) in [5, 5.41) is 5.12. The molecule has 23 heavy (non-hydrogen) atoms. The first-order chi connectivity index (χ1) is 10.7. The Hall–Kier alpha value is -1.42. The Kier molecular flexibility index (Phi) is 5.45. The van der Waals surface area contributed by atoms with Gasteiger partial charge in [-0.25, -0.2) is 4.39 Å². The zero-order chi connectivity index (χ0) is 17.2. The van der Waals surface area contributed by atoms with Crippen LogP contribution in [0.25, 0.3) is 0 Å². The zero-order valence-electron chi connectivity index (χ0n) is 11.6. The van der Waals surface area contributed by atoms with Crippen LogP contribution in [-0.4, -0.2) is 41.2 Å². The molecule has 0 saturated carbocycles. The molecule has 1 atom stereocenters. The third-order valence-corrected chi connectivity index (χ3v) is 4.26. The molecule has 1 saturated heterocycles. The smallest absolute Gasteiger partial charge is 0.347 e. The van der Waals surface area contributed by atoms with Gasteiger partial charge in [0, 0.05) is 23.6 Å². The van der Waals surface area contributed by atoms with Gasteiger partial charge in [-0.1, -0.05) is 0 Å². The van der Waals surface area contributed by atoms with Crippen LogP contribution in [0.5, 0.6) is 0 Å². The standard InChI is InChI=1S/C13H12BrF4N3OS/c14-9-5-7(15)1-2-10(9)20-12(23)21-4-3-8(6-21)19-11(22)13(16,17)18/h1-2,5,8H,3-4,6H2,(H,19,22)(H,20,23). The summed E-state index contributed by atoms with van der Waals surface area (Å²) in [6.45, 7) is 0.583. The molecule has 126 valence electrons. The fourth-order valence-electron chi connectivity index (χ4n) is 2.11. The quantitative estimate of drug-likeness (QED) is 0.577. The van der Waals surface area contributed by atoms with E-state index in [1.807, 2.05) is 5.32 Å². The highest BCUT2D eigenvalue weighted by Gasteiger charge is 2.40. The van der Waals surface area contributed by atoms with E-state index in [-0.39, 0.29) is 6.54 Å². The van der Waals surface area contributed by atoms with Gasteiger partial charge in [0.15, 0.2) is 5.11 Å². The van der Waals surface area contributed by atoms with Gasteiger partial charge in [-0.05, 0) is 52.8 Å². The number of carbonyl (C=O) groups is 1. The summed E-state index contributed by atoms with van der Waals surface area (Å²) in [6.07, 6.45) is -4.54. The number of amides is 1. The van der Waals surface area contributed by atoms with E-state index >= 15 is 0 Å². The summed E-state index contributed by atoms with van der Waals surface area (Å²) in [7, 11) is 0. The fourth-order valence-corrected chi connectivity index (χ4v) is 2.84. The average molecular weight is 414 g/mol. The summed E-state index contributed by atoms with van der Waals surface area (Å²) in [6, 6.07) is 3.39. The van der Waals surface area contributed by atoms with Gasteiger partial charge in [-0.3, -0.25) is 4.79 Å². The Morgan fingerprint density at radius 3 is 2.70 bits per heavy atom. The molecule has 1 aliphatic heterocycles. The molecule has 1 aliphatic rings. The highest BCUT2D eigenvalue weighted by atomic mass is 79.9. The second kappa shape index (κ2) is 7.00. The largest absolute Gasteiger partial charge is 0.471 e. The highest BCUT2D eigenvalue weighted by Crippen LogP contribution is 2.24. The van der Waals surface area contributed by atoms with Crippen LogP contribution in [0.15, 0.2) is 22.7 Å². The number of rotatable bonds is 2. The Bertz CT molecular complexity index is 626. The van der Waals surface area contributed by atoms with Crippen molar-refractivity contribution < 1.29 is 22.4 Å². The Balaban J connectivity index is 1.91. The number of hydrogen-bond donors (Lipinski definition) is 2. The Morgan fingerprint density at radius 2 is 2.09 bits per heavy atom. The van der Waals surface area contributed by atoms with Crippen molar-refractivity contribution in [3.05, 3.63) is 28.5 Å². The maximum absolute atomic E-state index is 13.0. The number of alkyl halides is 3. The number of likely N-dealkylation sites (tertiary alicyclic amines) is 1. The highest BCUT2D eigenvalue weighted by molar-refractivity contribution is 9.10. The number of hydrogen-bond acceptors (Lipinski definition) is 2. The van der Waals surface area contributed by atoms with Crippen LogP contribution in [0, 0.1) is 5.82 Å². The summed E-state index contributed by atoms with van der Waals surface area (Å²) in [5.74, 6) is -2.37. The summed E-state index contributed by atoms with van der Waals surface area (Å²) in [5.41, 5.74) is 0.541. The Morgan fingerprint density at radius 1 is 1.39 bits per heavy atom. The van der Waals surface area contributed by atoms with Crippen molar-refractivity contribution in [1.29, 1.82) is 0 Å². The van der Waals surface area contributed by atoms with Gasteiger partial charge in [0.2, 0.25) is 0 Å². The molecule has 1 heterocycles. The van der Waals surface area contributed by atoms with Crippen LogP contribution in [0.2, 0.25) is 0 Å². The Labute approximate surface area is 143 Å². The predicted octanol–water partition coefficient (Wildman–Crippen LogP) is 3.04. The first-order valence-corrected chi connectivity index (χ1v) is 7.75. The predicted molar refractivity (Wildman–Crippen MR) is 84.5 cm³/mol. The van der Waals surface area contributed by atoms with Crippen LogP contribution < -0.4 is 10.6 Å². The van der Waals surface area contributed by atoms with Crippen molar-refractivity contribution in [2.24, 2.45) is 0 Å². The lowest BCUT2D eigenvalue weighted by molar-refractivity contribution is -0.174. The van der Waals surface area contributed by atoms with E-state index in [0.717, 1.165) is 0 Å². The third-order valence-electron chi connectivity index (χ3n) is 3.24. The molecular formula is C13H12BrF4N3OS. The van der Waals surface area contributed by atoms with E-state index < -0.39 is 23.9 Å². The van der Waals surface area contributed by atoms with Crippen molar-refractivity contribution in [3.8, 4) is 0 Å². The number of benzene rings is 1. The van der Waals surface area contributed by atoms with Gasteiger partial charge in [0.25, 0.3) is 0 Å². The van der Waals surface area contributed by atoms with Crippen LogP contribution >= 0.6 is 28.1 Å². The third kappa shape index (κ3) is 4.77.